The van der Waals surface area contributed by atoms with Gasteiger partial charge in [0.25, 0.3) is 0 Å². The van der Waals surface area contributed by atoms with Crippen LogP contribution in [0.5, 0.6) is 0 Å². The zero-order valence-corrected chi connectivity index (χ0v) is 12.5. The number of carboxylic acid groups (broad SMARTS) is 1. The van der Waals surface area contributed by atoms with Crippen molar-refractivity contribution in [3.63, 3.8) is 0 Å². The van der Waals surface area contributed by atoms with E-state index in [9.17, 15) is 27.7 Å². The van der Waals surface area contributed by atoms with Crippen LogP contribution < -0.4 is 0 Å². The largest absolute Gasteiger partial charge is 0.476 e. The number of ketones is 1. The van der Waals surface area contributed by atoms with Crippen molar-refractivity contribution in [2.24, 2.45) is 5.92 Å². The monoisotopic (exact) mass is 294 g/mol. The van der Waals surface area contributed by atoms with Gasteiger partial charge in [-0.25, -0.2) is 4.79 Å². The number of carboxylic acids is 1. The van der Waals surface area contributed by atoms with E-state index < -0.39 is 37.1 Å². The summed E-state index contributed by atoms with van der Waals surface area (Å²) in [5.41, 5.74) is 0.0234. The van der Waals surface area contributed by atoms with Gasteiger partial charge in [-0.05, 0) is 19.4 Å². The van der Waals surface area contributed by atoms with Crippen LogP contribution in [0.25, 0.3) is 0 Å². The zero-order chi connectivity index (χ0) is 15.8. The SMILES string of the molecule is C=C(C)C(=O)C(C)C(C(=O)O)([N+](C)(C)C)S(=O)(=O)O. The second-order valence-electron chi connectivity index (χ2n) is 5.36. The smallest absolute Gasteiger partial charge is 0.385 e. The Kier molecular flexibility index (Phi) is 4.70. The molecule has 0 rings (SSSR count). The highest BCUT2D eigenvalue weighted by Gasteiger charge is 2.67. The van der Waals surface area contributed by atoms with Crippen molar-refractivity contribution >= 4 is 21.9 Å². The van der Waals surface area contributed by atoms with Gasteiger partial charge < -0.3 is 9.59 Å². The average molecular weight is 294 g/mol. The van der Waals surface area contributed by atoms with Crippen LogP contribution in [0.15, 0.2) is 12.2 Å². The summed E-state index contributed by atoms with van der Waals surface area (Å²) in [5.74, 6) is -4.00. The molecule has 0 bridgehead atoms. The minimum Gasteiger partial charge on any atom is -0.476 e. The highest BCUT2D eigenvalue weighted by Crippen LogP contribution is 2.35. The highest BCUT2D eigenvalue weighted by atomic mass is 32.2. The Labute approximate surface area is 112 Å². The summed E-state index contributed by atoms with van der Waals surface area (Å²) in [6, 6.07) is 0. The molecule has 0 spiro atoms. The number of Topliss-reactive ketones (excluding diaryl/α,β-unsaturated/α-hetero) is 1. The Hall–Kier alpha value is -1.25. The number of likely N-dealkylation sites (N-methyl/N-ethyl adjacent to an activating group) is 1. The lowest BCUT2D eigenvalue weighted by atomic mass is 9.91. The van der Waals surface area contributed by atoms with Gasteiger partial charge in [-0.3, -0.25) is 9.35 Å². The first-order chi connectivity index (χ1) is 8.21. The minimum atomic E-state index is -5.05. The molecule has 0 aromatic rings. The summed E-state index contributed by atoms with van der Waals surface area (Å²) in [6.07, 6.45) is 0. The molecule has 0 saturated carbocycles. The van der Waals surface area contributed by atoms with Crippen LogP contribution in [-0.2, 0) is 19.7 Å². The number of hydrogen-bond acceptors (Lipinski definition) is 4. The fraction of sp³-hybridized carbons (Fsp3) is 0.636. The Bertz CT molecular complexity index is 516. The second-order valence-corrected chi connectivity index (χ2v) is 6.93. The van der Waals surface area contributed by atoms with Gasteiger partial charge in [0.15, 0.2) is 5.78 Å². The van der Waals surface area contributed by atoms with E-state index in [1.54, 1.807) is 0 Å². The minimum absolute atomic E-state index is 0.0234. The van der Waals surface area contributed by atoms with E-state index >= 15 is 0 Å². The number of nitrogens with zero attached hydrogens (tertiary/aromatic N) is 1. The van der Waals surface area contributed by atoms with Gasteiger partial charge in [-0.15, -0.1) is 0 Å². The molecule has 0 aromatic heterocycles. The molecule has 0 radical (unpaired) electrons. The fourth-order valence-electron chi connectivity index (χ4n) is 2.28. The Morgan fingerprint density at radius 1 is 1.26 bits per heavy atom. The van der Waals surface area contributed by atoms with E-state index in [2.05, 4.69) is 6.58 Å². The number of carbonyl (C=O) groups is 2. The highest BCUT2D eigenvalue weighted by molar-refractivity contribution is 7.87. The zero-order valence-electron chi connectivity index (χ0n) is 11.7. The lowest BCUT2D eigenvalue weighted by Gasteiger charge is -2.42. The standard InChI is InChI=1S/C11H19NO6S/c1-7(2)9(13)8(3)11(10(14)15,12(4,5)6)19(16,17)18/h8H,1H2,2-6H3,(H-,14,15,16,17,18)/p+1. The van der Waals surface area contributed by atoms with E-state index in [0.717, 1.165) is 6.92 Å². The summed E-state index contributed by atoms with van der Waals surface area (Å²) in [7, 11) is -1.21. The molecule has 7 nitrogen and oxygen atoms in total. The molecule has 0 saturated heterocycles. The van der Waals surface area contributed by atoms with Gasteiger partial charge in [-0.2, -0.15) is 8.42 Å². The van der Waals surface area contributed by atoms with E-state index in [1.165, 1.54) is 28.1 Å². The molecule has 19 heavy (non-hydrogen) atoms. The molecular formula is C11H20NO6S+. The molecule has 2 unspecified atom stereocenters. The maximum atomic E-state index is 11.9. The molecular weight excluding hydrogens is 274 g/mol. The molecule has 0 heterocycles. The Morgan fingerprint density at radius 2 is 1.63 bits per heavy atom. The van der Waals surface area contributed by atoms with Gasteiger partial charge in [0.1, 0.15) is 5.92 Å². The van der Waals surface area contributed by atoms with E-state index in [-0.39, 0.29) is 5.57 Å². The van der Waals surface area contributed by atoms with Crippen LogP contribution in [0.3, 0.4) is 0 Å². The first-order valence-corrected chi connectivity index (χ1v) is 6.87. The van der Waals surface area contributed by atoms with Crippen LogP contribution in [0.1, 0.15) is 13.8 Å². The number of rotatable bonds is 6. The molecule has 0 amide bonds. The molecule has 2 atom stereocenters. The molecule has 0 aromatic carbocycles. The predicted octanol–water partition coefficient (Wildman–Crippen LogP) is 0.143. The quantitative estimate of drug-likeness (QED) is 0.410. The normalized spacial score (nSPS) is 17.4. The number of allylic oxidation sites excluding steroid dienone is 1. The summed E-state index contributed by atoms with van der Waals surface area (Å²) in [4.78, 5) is 20.8. The van der Waals surface area contributed by atoms with E-state index in [1.807, 2.05) is 0 Å². The summed E-state index contributed by atoms with van der Waals surface area (Å²) in [5, 5.41) is 9.36. The molecule has 8 heteroatoms. The van der Waals surface area contributed by atoms with Crippen LogP contribution >= 0.6 is 0 Å². The average Bonchev–Trinajstić information content (AvgIpc) is 2.11. The van der Waals surface area contributed by atoms with Crippen molar-refractivity contribution in [3.8, 4) is 0 Å². The topological polar surface area (TPSA) is 109 Å². The molecule has 0 aliphatic heterocycles. The van der Waals surface area contributed by atoms with Crippen molar-refractivity contribution in [3.05, 3.63) is 12.2 Å². The second kappa shape index (κ2) is 5.03. The maximum Gasteiger partial charge on any atom is 0.385 e. The van der Waals surface area contributed by atoms with Crippen LogP contribution in [0, 0.1) is 5.92 Å². The number of carbonyl (C=O) groups excluding carboxylic acids is 1. The van der Waals surface area contributed by atoms with Crippen LogP contribution in [0.2, 0.25) is 0 Å². The van der Waals surface area contributed by atoms with Crippen molar-refractivity contribution in [1.29, 1.82) is 0 Å². The molecule has 2 N–H and O–H groups in total. The lowest BCUT2D eigenvalue weighted by Crippen LogP contribution is -2.70. The van der Waals surface area contributed by atoms with Gasteiger partial charge >= 0.3 is 21.0 Å². The summed E-state index contributed by atoms with van der Waals surface area (Å²) < 4.78 is 32.1. The van der Waals surface area contributed by atoms with Gasteiger partial charge in [0, 0.05) is 0 Å². The van der Waals surface area contributed by atoms with Crippen LogP contribution in [-0.4, -0.2) is 60.3 Å². The first-order valence-electron chi connectivity index (χ1n) is 5.43. The molecule has 0 fully saturated rings. The molecule has 110 valence electrons. The van der Waals surface area contributed by atoms with E-state index in [4.69, 9.17) is 0 Å². The Morgan fingerprint density at radius 3 is 1.79 bits per heavy atom. The lowest BCUT2D eigenvalue weighted by molar-refractivity contribution is -0.901. The fourth-order valence-corrected chi connectivity index (χ4v) is 3.75. The molecule has 0 aliphatic carbocycles. The third-order valence-corrected chi connectivity index (χ3v) is 4.96. The number of quaternary nitrogens is 1. The first kappa shape index (κ1) is 17.8. The third kappa shape index (κ3) is 2.70. The van der Waals surface area contributed by atoms with Crippen molar-refractivity contribution < 1.29 is 32.1 Å². The third-order valence-electron chi connectivity index (χ3n) is 3.10. The van der Waals surface area contributed by atoms with E-state index in [0.29, 0.717) is 0 Å². The summed E-state index contributed by atoms with van der Waals surface area (Å²) >= 11 is 0. The number of hydrogen-bond donors (Lipinski definition) is 2. The van der Waals surface area contributed by atoms with Gasteiger partial charge in [0.2, 0.25) is 0 Å². The maximum absolute atomic E-state index is 11.9. The molecule has 0 aliphatic rings. The van der Waals surface area contributed by atoms with Crippen molar-refractivity contribution in [1.82, 2.24) is 0 Å². The summed E-state index contributed by atoms with van der Waals surface area (Å²) in [6.45, 7) is 5.89. The predicted molar refractivity (Wildman–Crippen MR) is 68.9 cm³/mol. The van der Waals surface area contributed by atoms with Crippen molar-refractivity contribution in [2.75, 3.05) is 21.1 Å². The van der Waals surface area contributed by atoms with Crippen molar-refractivity contribution in [2.45, 2.75) is 18.7 Å². The number of aliphatic carboxylic acids is 1. The van der Waals surface area contributed by atoms with Gasteiger partial charge in [0.05, 0.1) is 21.1 Å². The Balaban J connectivity index is 6.45. The van der Waals surface area contributed by atoms with Crippen LogP contribution in [0.4, 0.5) is 0 Å². The van der Waals surface area contributed by atoms with Gasteiger partial charge in [-0.1, -0.05) is 6.58 Å².